The van der Waals surface area contributed by atoms with E-state index in [0.717, 1.165) is 48.3 Å². The fourth-order valence-corrected chi connectivity index (χ4v) is 11.2. The van der Waals surface area contributed by atoms with Crippen LogP contribution in [0.25, 0.3) is 0 Å². The highest BCUT2D eigenvalue weighted by molar-refractivity contribution is 8.13. The zero-order chi connectivity index (χ0) is 29.5. The molecule has 0 N–H and O–H groups in total. The van der Waals surface area contributed by atoms with Gasteiger partial charge in [-0.2, -0.15) is 0 Å². The first kappa shape index (κ1) is 33.5. The molecule has 236 valence electrons. The van der Waals surface area contributed by atoms with Crippen LogP contribution in [0.4, 0.5) is 4.79 Å². The molecular formula is C38H66O2S. The van der Waals surface area contributed by atoms with Crippen molar-refractivity contribution in [2.75, 3.05) is 6.61 Å². The molecule has 3 fully saturated rings. The Morgan fingerprint density at radius 3 is 2.37 bits per heavy atom. The summed E-state index contributed by atoms with van der Waals surface area (Å²) in [7, 11) is 0. The van der Waals surface area contributed by atoms with Crippen LogP contribution in [0.2, 0.25) is 0 Å². The van der Waals surface area contributed by atoms with Gasteiger partial charge in [-0.1, -0.05) is 117 Å². The Kier molecular flexibility index (Phi) is 12.7. The molecule has 0 aliphatic heterocycles. The Morgan fingerprint density at radius 1 is 0.902 bits per heavy atom. The number of carbonyl (C=O) groups excluding carboxylic acids is 1. The number of hydrogen-bond donors (Lipinski definition) is 0. The lowest BCUT2D eigenvalue weighted by atomic mass is 9.47. The highest BCUT2D eigenvalue weighted by atomic mass is 32.2. The molecule has 0 spiro atoms. The number of fused-ring (bicyclic) bond motifs is 5. The summed E-state index contributed by atoms with van der Waals surface area (Å²) in [4.78, 5) is 12.7. The minimum Gasteiger partial charge on any atom is -0.458 e. The van der Waals surface area contributed by atoms with Crippen molar-refractivity contribution in [2.24, 2.45) is 46.3 Å². The fourth-order valence-electron chi connectivity index (χ4n) is 10.3. The molecular weight excluding hydrogens is 520 g/mol. The molecule has 0 aromatic heterocycles. The van der Waals surface area contributed by atoms with Crippen LogP contribution in [0.1, 0.15) is 164 Å². The van der Waals surface area contributed by atoms with Gasteiger partial charge in [-0.05, 0) is 116 Å². The van der Waals surface area contributed by atoms with E-state index >= 15 is 0 Å². The van der Waals surface area contributed by atoms with Crippen molar-refractivity contribution in [2.45, 2.75) is 169 Å². The van der Waals surface area contributed by atoms with Crippen LogP contribution in [-0.2, 0) is 4.74 Å². The molecule has 2 nitrogen and oxygen atoms in total. The molecule has 0 amide bonds. The van der Waals surface area contributed by atoms with E-state index in [1.54, 1.807) is 5.57 Å². The average Bonchev–Trinajstić information content (AvgIpc) is 3.29. The van der Waals surface area contributed by atoms with E-state index in [0.29, 0.717) is 22.7 Å². The van der Waals surface area contributed by atoms with E-state index in [1.165, 1.54) is 121 Å². The summed E-state index contributed by atoms with van der Waals surface area (Å²) >= 11 is 1.51. The predicted molar refractivity (Wildman–Crippen MR) is 178 cm³/mol. The highest BCUT2D eigenvalue weighted by Crippen LogP contribution is 2.67. The lowest BCUT2D eigenvalue weighted by Gasteiger charge is -2.58. The maximum absolute atomic E-state index is 12.7. The van der Waals surface area contributed by atoms with E-state index < -0.39 is 0 Å². The van der Waals surface area contributed by atoms with Crippen LogP contribution in [-0.4, -0.2) is 17.2 Å². The average molecular weight is 587 g/mol. The highest BCUT2D eigenvalue weighted by Gasteiger charge is 2.59. The predicted octanol–water partition coefficient (Wildman–Crippen LogP) is 12.4. The van der Waals surface area contributed by atoms with Crippen molar-refractivity contribution in [3.8, 4) is 0 Å². The van der Waals surface area contributed by atoms with Crippen molar-refractivity contribution in [1.29, 1.82) is 0 Å². The Hall–Kier alpha value is -0.440. The molecule has 4 aliphatic rings. The molecule has 0 bridgehead atoms. The van der Waals surface area contributed by atoms with Crippen LogP contribution in [0.5, 0.6) is 0 Å². The Balaban J connectivity index is 1.24. The molecule has 8 atom stereocenters. The zero-order valence-corrected chi connectivity index (χ0v) is 28.8. The molecule has 0 aromatic carbocycles. The largest absolute Gasteiger partial charge is 0.458 e. The van der Waals surface area contributed by atoms with Gasteiger partial charge in [-0.3, -0.25) is 0 Å². The van der Waals surface area contributed by atoms with E-state index in [-0.39, 0.29) is 5.30 Å². The van der Waals surface area contributed by atoms with Gasteiger partial charge in [0, 0.05) is 5.25 Å². The van der Waals surface area contributed by atoms with Crippen molar-refractivity contribution >= 4 is 17.1 Å². The first-order valence-electron chi connectivity index (χ1n) is 18.2. The van der Waals surface area contributed by atoms with Gasteiger partial charge in [0.1, 0.15) is 0 Å². The quantitative estimate of drug-likeness (QED) is 0.108. The monoisotopic (exact) mass is 586 g/mol. The van der Waals surface area contributed by atoms with E-state index in [4.69, 9.17) is 4.74 Å². The summed E-state index contributed by atoms with van der Waals surface area (Å²) in [6.45, 7) is 15.5. The van der Waals surface area contributed by atoms with Gasteiger partial charge in [0.2, 0.25) is 0 Å². The molecule has 41 heavy (non-hydrogen) atoms. The van der Waals surface area contributed by atoms with Gasteiger partial charge in [0.15, 0.2) is 0 Å². The summed E-state index contributed by atoms with van der Waals surface area (Å²) in [5.74, 6) is 5.32. The summed E-state index contributed by atoms with van der Waals surface area (Å²) in [6.07, 6.45) is 27.8. The minimum absolute atomic E-state index is 0.0243. The lowest BCUT2D eigenvalue weighted by Crippen LogP contribution is -2.50. The molecule has 0 heterocycles. The first-order chi connectivity index (χ1) is 19.7. The van der Waals surface area contributed by atoms with Crippen LogP contribution in [0.15, 0.2) is 11.6 Å². The Morgan fingerprint density at radius 2 is 1.63 bits per heavy atom. The Bertz CT molecular complexity index is 849. The summed E-state index contributed by atoms with van der Waals surface area (Å²) in [6, 6.07) is 0. The van der Waals surface area contributed by atoms with Gasteiger partial charge in [0.25, 0.3) is 0 Å². The standard InChI is InChI=1S/C38H66O2S/c1-7-8-9-10-11-12-13-14-26-40-36(39)41-31-22-24-37(5)30(27-31)18-19-32-34-21-20-33(29(4)17-15-16-28(2)3)38(34,6)25-23-35(32)37/h18,28-29,31-35H,7-17,19-27H2,1-6H3/t29-,31-,32-,33-,34+,35-,37-,38+/m0/s1. The number of unbranched alkanes of at least 4 members (excludes halogenated alkanes) is 7. The van der Waals surface area contributed by atoms with Gasteiger partial charge in [-0.25, -0.2) is 4.79 Å². The first-order valence-corrected chi connectivity index (χ1v) is 19.1. The second-order valence-electron chi connectivity index (χ2n) is 15.8. The fraction of sp³-hybridized carbons (Fsp3) is 0.921. The van der Waals surface area contributed by atoms with Crippen molar-refractivity contribution in [1.82, 2.24) is 0 Å². The number of rotatable bonds is 15. The zero-order valence-electron chi connectivity index (χ0n) is 28.0. The number of carbonyl (C=O) groups is 1. The number of allylic oxidation sites excluding steroid dienone is 2. The SMILES string of the molecule is CCCCCCCCCCOC(=O)S[C@H]1CC[C@@]2(C)C(=CC[C@H]3[C@H]4CC[C@@H]([C@@H](C)CCCC(C)C)[C@@]4(C)CC[C@@H]32)C1. The van der Waals surface area contributed by atoms with E-state index in [2.05, 4.69) is 47.6 Å². The van der Waals surface area contributed by atoms with Gasteiger partial charge >= 0.3 is 5.30 Å². The smallest absolute Gasteiger partial charge is 0.367 e. The topological polar surface area (TPSA) is 26.3 Å². The molecule has 0 aromatic rings. The number of thioether (sulfide) groups is 1. The summed E-state index contributed by atoms with van der Waals surface area (Å²) in [5, 5.41) is 0.386. The molecule has 4 aliphatic carbocycles. The molecule has 0 saturated heterocycles. The van der Waals surface area contributed by atoms with Gasteiger partial charge in [0.05, 0.1) is 6.61 Å². The number of hydrogen-bond acceptors (Lipinski definition) is 3. The maximum Gasteiger partial charge on any atom is 0.367 e. The molecule has 3 heteroatoms. The molecule has 3 saturated carbocycles. The van der Waals surface area contributed by atoms with Crippen molar-refractivity contribution in [3.63, 3.8) is 0 Å². The third kappa shape index (κ3) is 8.19. The van der Waals surface area contributed by atoms with Crippen LogP contribution in [0, 0.1) is 46.3 Å². The molecule has 4 rings (SSSR count). The van der Waals surface area contributed by atoms with Crippen molar-refractivity contribution in [3.05, 3.63) is 11.6 Å². The second-order valence-corrected chi connectivity index (χ2v) is 17.1. The summed E-state index contributed by atoms with van der Waals surface area (Å²) in [5.41, 5.74) is 2.62. The summed E-state index contributed by atoms with van der Waals surface area (Å²) < 4.78 is 5.67. The normalized spacial score (nSPS) is 35.4. The van der Waals surface area contributed by atoms with E-state index in [1.807, 2.05) is 0 Å². The number of ether oxygens (including phenoxy) is 1. The van der Waals surface area contributed by atoms with Gasteiger partial charge < -0.3 is 4.74 Å². The van der Waals surface area contributed by atoms with Gasteiger partial charge in [-0.15, -0.1) is 0 Å². The molecule has 0 unspecified atom stereocenters. The lowest BCUT2D eigenvalue weighted by molar-refractivity contribution is -0.0497. The van der Waals surface area contributed by atoms with Crippen LogP contribution >= 0.6 is 11.8 Å². The Labute approximate surface area is 259 Å². The van der Waals surface area contributed by atoms with Crippen LogP contribution < -0.4 is 0 Å². The third-order valence-electron chi connectivity index (χ3n) is 12.7. The van der Waals surface area contributed by atoms with Crippen LogP contribution in [0.3, 0.4) is 0 Å². The van der Waals surface area contributed by atoms with E-state index in [9.17, 15) is 4.79 Å². The minimum atomic E-state index is -0.0243. The second kappa shape index (κ2) is 15.5. The maximum atomic E-state index is 12.7. The molecule has 0 radical (unpaired) electrons. The third-order valence-corrected chi connectivity index (χ3v) is 13.8. The van der Waals surface area contributed by atoms with Crippen molar-refractivity contribution < 1.29 is 9.53 Å².